The molecule has 0 bridgehead atoms. The van der Waals surface area contributed by atoms with Gasteiger partial charge in [-0.2, -0.15) is 0 Å². The number of benzene rings is 3. The van der Waals surface area contributed by atoms with Crippen LogP contribution in [0.15, 0.2) is 72.8 Å². The SMILES string of the molecule is CC(O)COC(=O)c1cccc(C(c2ccc(O)cc2)c2ccc(O)cc2)c1. The lowest BCUT2D eigenvalue weighted by molar-refractivity contribution is 0.0296. The molecule has 1 atom stereocenters. The summed E-state index contributed by atoms with van der Waals surface area (Å²) in [4.78, 5) is 12.3. The minimum absolute atomic E-state index is 0.0670. The summed E-state index contributed by atoms with van der Waals surface area (Å²) in [6.45, 7) is 1.48. The van der Waals surface area contributed by atoms with Crippen molar-refractivity contribution >= 4 is 5.97 Å². The molecule has 0 heterocycles. The Morgan fingerprint density at radius 1 is 0.857 bits per heavy atom. The van der Waals surface area contributed by atoms with Crippen molar-refractivity contribution in [3.8, 4) is 11.5 Å². The summed E-state index contributed by atoms with van der Waals surface area (Å²) in [5.74, 6) is -0.365. The van der Waals surface area contributed by atoms with E-state index in [1.54, 1.807) is 49.4 Å². The summed E-state index contributed by atoms with van der Waals surface area (Å²) in [5, 5.41) is 28.6. The Morgan fingerprint density at radius 3 is 1.89 bits per heavy atom. The standard InChI is InChI=1S/C23H22O5/c1-15(24)14-28-23(27)19-4-2-3-18(13-19)22(16-5-9-20(25)10-6-16)17-7-11-21(26)12-8-17/h2-13,15,22,24-26H,14H2,1H3. The molecule has 3 N–H and O–H groups in total. The second-order valence-corrected chi connectivity index (χ2v) is 6.69. The largest absolute Gasteiger partial charge is 0.508 e. The van der Waals surface area contributed by atoms with Gasteiger partial charge in [0.15, 0.2) is 0 Å². The van der Waals surface area contributed by atoms with E-state index in [0.717, 1.165) is 16.7 Å². The van der Waals surface area contributed by atoms with Crippen molar-refractivity contribution in [2.24, 2.45) is 0 Å². The van der Waals surface area contributed by atoms with Gasteiger partial charge in [0.2, 0.25) is 0 Å². The number of hydrogen-bond acceptors (Lipinski definition) is 5. The zero-order valence-electron chi connectivity index (χ0n) is 15.4. The molecule has 3 rings (SSSR count). The van der Waals surface area contributed by atoms with E-state index in [1.807, 2.05) is 30.3 Å². The second kappa shape index (κ2) is 8.59. The van der Waals surface area contributed by atoms with E-state index in [0.29, 0.717) is 5.56 Å². The van der Waals surface area contributed by atoms with Gasteiger partial charge < -0.3 is 20.1 Å². The molecule has 5 nitrogen and oxygen atoms in total. The Bertz CT molecular complexity index is 884. The van der Waals surface area contributed by atoms with Crippen LogP contribution in [0.5, 0.6) is 11.5 Å². The van der Waals surface area contributed by atoms with Gasteiger partial charge in [0.05, 0.1) is 11.7 Å². The lowest BCUT2D eigenvalue weighted by atomic mass is 9.84. The number of rotatable bonds is 6. The van der Waals surface area contributed by atoms with Crippen molar-refractivity contribution in [1.29, 1.82) is 0 Å². The molecule has 0 saturated heterocycles. The number of hydrogen-bond donors (Lipinski definition) is 3. The van der Waals surface area contributed by atoms with Crippen LogP contribution in [0.25, 0.3) is 0 Å². The van der Waals surface area contributed by atoms with Gasteiger partial charge in [-0.15, -0.1) is 0 Å². The number of aromatic hydroxyl groups is 2. The summed E-state index contributed by atoms with van der Waals surface area (Å²) in [7, 11) is 0. The average molecular weight is 378 g/mol. The van der Waals surface area contributed by atoms with Crippen molar-refractivity contribution in [2.45, 2.75) is 18.9 Å². The van der Waals surface area contributed by atoms with Crippen molar-refractivity contribution in [3.05, 3.63) is 95.1 Å². The molecule has 28 heavy (non-hydrogen) atoms. The molecule has 0 aliphatic carbocycles. The van der Waals surface area contributed by atoms with Gasteiger partial charge in [-0.25, -0.2) is 4.79 Å². The maximum atomic E-state index is 12.3. The van der Waals surface area contributed by atoms with Gasteiger partial charge in [-0.05, 0) is 60.0 Å². The van der Waals surface area contributed by atoms with Gasteiger partial charge in [0.25, 0.3) is 0 Å². The van der Waals surface area contributed by atoms with Crippen molar-refractivity contribution in [1.82, 2.24) is 0 Å². The molecule has 1 unspecified atom stereocenters. The molecule has 3 aromatic carbocycles. The summed E-state index contributed by atoms with van der Waals surface area (Å²) in [5.41, 5.74) is 3.11. The number of ether oxygens (including phenoxy) is 1. The summed E-state index contributed by atoms with van der Waals surface area (Å²) >= 11 is 0. The van der Waals surface area contributed by atoms with Gasteiger partial charge in [0, 0.05) is 5.92 Å². The lowest BCUT2D eigenvalue weighted by Crippen LogP contribution is -2.15. The van der Waals surface area contributed by atoms with E-state index in [2.05, 4.69) is 0 Å². The van der Waals surface area contributed by atoms with Crippen molar-refractivity contribution in [2.75, 3.05) is 6.61 Å². The quantitative estimate of drug-likeness (QED) is 0.448. The number of aliphatic hydroxyl groups excluding tert-OH is 1. The zero-order chi connectivity index (χ0) is 20.1. The van der Waals surface area contributed by atoms with Crippen LogP contribution in [0.4, 0.5) is 0 Å². The van der Waals surface area contributed by atoms with Crippen LogP contribution < -0.4 is 0 Å². The fraction of sp³-hybridized carbons (Fsp3) is 0.174. The van der Waals surface area contributed by atoms with Crippen LogP contribution in [0.2, 0.25) is 0 Å². The number of phenols is 2. The highest BCUT2D eigenvalue weighted by molar-refractivity contribution is 5.89. The molecule has 0 amide bonds. The Hall–Kier alpha value is -3.31. The van der Waals surface area contributed by atoms with Crippen LogP contribution in [-0.4, -0.2) is 34.0 Å². The number of aliphatic hydroxyl groups is 1. The molecule has 0 aliphatic rings. The molecule has 5 heteroatoms. The van der Waals surface area contributed by atoms with E-state index >= 15 is 0 Å². The number of phenolic OH excluding ortho intramolecular Hbond substituents is 2. The third-order valence-electron chi connectivity index (χ3n) is 4.36. The van der Waals surface area contributed by atoms with Crippen molar-refractivity contribution < 1.29 is 24.9 Å². The molecule has 0 aliphatic heterocycles. The lowest BCUT2D eigenvalue weighted by Gasteiger charge is -2.20. The third kappa shape index (κ3) is 4.69. The van der Waals surface area contributed by atoms with Crippen LogP contribution >= 0.6 is 0 Å². The first-order valence-electron chi connectivity index (χ1n) is 8.97. The molecule has 0 fully saturated rings. The highest BCUT2D eigenvalue weighted by Gasteiger charge is 2.19. The fourth-order valence-electron chi connectivity index (χ4n) is 3.04. The van der Waals surface area contributed by atoms with Gasteiger partial charge in [-0.3, -0.25) is 0 Å². The zero-order valence-corrected chi connectivity index (χ0v) is 15.4. The Morgan fingerprint density at radius 2 is 1.39 bits per heavy atom. The molecule has 3 aromatic rings. The number of esters is 1. The van der Waals surface area contributed by atoms with Gasteiger partial charge in [-0.1, -0.05) is 36.4 Å². The number of carbonyl (C=O) groups is 1. The second-order valence-electron chi connectivity index (χ2n) is 6.69. The van der Waals surface area contributed by atoms with Crippen LogP contribution in [-0.2, 0) is 4.74 Å². The van der Waals surface area contributed by atoms with E-state index < -0.39 is 12.1 Å². The first-order valence-corrected chi connectivity index (χ1v) is 8.97. The highest BCUT2D eigenvalue weighted by Crippen LogP contribution is 2.34. The Balaban J connectivity index is 2.00. The minimum atomic E-state index is -0.728. The fourth-order valence-corrected chi connectivity index (χ4v) is 3.04. The first-order chi connectivity index (χ1) is 13.4. The number of carbonyl (C=O) groups excluding carboxylic acids is 1. The molecular weight excluding hydrogens is 356 g/mol. The van der Waals surface area contributed by atoms with Crippen LogP contribution in [0, 0.1) is 0 Å². The summed E-state index contributed by atoms with van der Waals surface area (Å²) in [6, 6.07) is 20.9. The average Bonchev–Trinajstić information content (AvgIpc) is 2.69. The molecule has 0 spiro atoms. The summed E-state index contributed by atoms with van der Waals surface area (Å²) in [6.07, 6.45) is -0.728. The van der Waals surface area contributed by atoms with Crippen LogP contribution in [0.1, 0.15) is 39.9 Å². The predicted molar refractivity (Wildman–Crippen MR) is 106 cm³/mol. The normalized spacial score (nSPS) is 12.0. The Labute approximate surface area is 163 Å². The third-order valence-corrected chi connectivity index (χ3v) is 4.36. The first kappa shape index (κ1) is 19.5. The molecule has 0 radical (unpaired) electrons. The predicted octanol–water partition coefficient (Wildman–Crippen LogP) is 3.82. The maximum absolute atomic E-state index is 12.3. The maximum Gasteiger partial charge on any atom is 0.338 e. The highest BCUT2D eigenvalue weighted by atomic mass is 16.5. The van der Waals surface area contributed by atoms with E-state index in [-0.39, 0.29) is 24.0 Å². The molecule has 0 saturated carbocycles. The molecule has 144 valence electrons. The topological polar surface area (TPSA) is 87.0 Å². The minimum Gasteiger partial charge on any atom is -0.508 e. The summed E-state index contributed by atoms with van der Waals surface area (Å²) < 4.78 is 5.11. The molecular formula is C23H22O5. The van der Waals surface area contributed by atoms with Crippen molar-refractivity contribution in [3.63, 3.8) is 0 Å². The van der Waals surface area contributed by atoms with Crippen LogP contribution in [0.3, 0.4) is 0 Å². The monoisotopic (exact) mass is 378 g/mol. The smallest absolute Gasteiger partial charge is 0.338 e. The molecule has 0 aromatic heterocycles. The Kier molecular flexibility index (Phi) is 5.96. The van der Waals surface area contributed by atoms with E-state index in [4.69, 9.17) is 4.74 Å². The van der Waals surface area contributed by atoms with E-state index in [1.165, 1.54) is 0 Å². The van der Waals surface area contributed by atoms with E-state index in [9.17, 15) is 20.1 Å². The van der Waals surface area contributed by atoms with Gasteiger partial charge >= 0.3 is 5.97 Å². The van der Waals surface area contributed by atoms with Gasteiger partial charge in [0.1, 0.15) is 18.1 Å².